The standard InChI is InChI=1S/C13H17BrN2O3/c1-16-8-9(7-11(14)13(16)18)15-12(17)5-4-10-3-2-6-19-10/h7-8,10H,2-6H2,1H3,(H,15,17). The van der Waals surface area contributed by atoms with Gasteiger partial charge in [-0.05, 0) is 41.3 Å². The van der Waals surface area contributed by atoms with Gasteiger partial charge >= 0.3 is 0 Å². The van der Waals surface area contributed by atoms with Crippen LogP contribution in [0.4, 0.5) is 5.69 Å². The first-order valence-electron chi connectivity index (χ1n) is 6.34. The molecule has 104 valence electrons. The monoisotopic (exact) mass is 328 g/mol. The zero-order valence-corrected chi connectivity index (χ0v) is 12.4. The van der Waals surface area contributed by atoms with E-state index in [1.54, 1.807) is 19.3 Å². The summed E-state index contributed by atoms with van der Waals surface area (Å²) in [5, 5.41) is 2.79. The molecular formula is C13H17BrN2O3. The number of rotatable bonds is 4. The van der Waals surface area contributed by atoms with E-state index in [0.717, 1.165) is 25.9 Å². The number of anilines is 1. The van der Waals surface area contributed by atoms with E-state index in [-0.39, 0.29) is 17.6 Å². The molecule has 1 saturated heterocycles. The molecule has 2 rings (SSSR count). The van der Waals surface area contributed by atoms with Crippen LogP contribution in [0.5, 0.6) is 0 Å². The Kier molecular flexibility index (Phi) is 4.76. The smallest absolute Gasteiger partial charge is 0.264 e. The van der Waals surface area contributed by atoms with Gasteiger partial charge in [0.1, 0.15) is 0 Å². The van der Waals surface area contributed by atoms with Crippen molar-refractivity contribution in [2.45, 2.75) is 31.8 Å². The second-order valence-corrected chi connectivity index (χ2v) is 5.57. The fourth-order valence-electron chi connectivity index (χ4n) is 2.13. The van der Waals surface area contributed by atoms with Crippen molar-refractivity contribution >= 4 is 27.5 Å². The minimum atomic E-state index is -0.127. The molecule has 1 N–H and O–H groups in total. The summed E-state index contributed by atoms with van der Waals surface area (Å²) in [5.41, 5.74) is 0.490. The largest absolute Gasteiger partial charge is 0.378 e. The van der Waals surface area contributed by atoms with E-state index in [4.69, 9.17) is 4.74 Å². The summed E-state index contributed by atoms with van der Waals surface area (Å²) in [6, 6.07) is 1.62. The molecule has 1 atom stereocenters. The molecule has 0 bridgehead atoms. The molecule has 1 fully saturated rings. The fraction of sp³-hybridized carbons (Fsp3) is 0.538. The van der Waals surface area contributed by atoms with Gasteiger partial charge in [0.25, 0.3) is 5.56 Å². The SMILES string of the molecule is Cn1cc(NC(=O)CCC2CCCO2)cc(Br)c1=O. The van der Waals surface area contributed by atoms with Gasteiger partial charge in [-0.3, -0.25) is 9.59 Å². The van der Waals surface area contributed by atoms with Gasteiger partial charge in [-0.2, -0.15) is 0 Å². The predicted octanol–water partition coefficient (Wildman–Crippen LogP) is 2.05. The molecule has 1 aliphatic rings. The molecule has 2 heterocycles. The Bertz CT molecular complexity index is 495. The van der Waals surface area contributed by atoms with Gasteiger partial charge < -0.3 is 14.6 Å². The Morgan fingerprint density at radius 3 is 3.05 bits per heavy atom. The van der Waals surface area contributed by atoms with Crippen LogP contribution in [0, 0.1) is 0 Å². The lowest BCUT2D eigenvalue weighted by atomic mass is 10.1. The lowest BCUT2D eigenvalue weighted by molar-refractivity contribution is -0.116. The van der Waals surface area contributed by atoms with Crippen LogP contribution in [-0.2, 0) is 16.6 Å². The highest BCUT2D eigenvalue weighted by Crippen LogP contribution is 2.17. The number of hydrogen-bond acceptors (Lipinski definition) is 3. The summed E-state index contributed by atoms with van der Waals surface area (Å²) in [7, 11) is 1.65. The third-order valence-corrected chi connectivity index (χ3v) is 3.71. The van der Waals surface area contributed by atoms with Gasteiger partial charge in [-0.1, -0.05) is 0 Å². The van der Waals surface area contributed by atoms with Crippen molar-refractivity contribution in [1.29, 1.82) is 0 Å². The third-order valence-electron chi connectivity index (χ3n) is 3.14. The number of hydrogen-bond donors (Lipinski definition) is 1. The number of pyridine rings is 1. The second kappa shape index (κ2) is 6.34. The molecular weight excluding hydrogens is 312 g/mol. The van der Waals surface area contributed by atoms with E-state index in [2.05, 4.69) is 21.2 Å². The van der Waals surface area contributed by atoms with Gasteiger partial charge in [0.05, 0.1) is 16.3 Å². The number of carbonyl (C=O) groups is 1. The minimum Gasteiger partial charge on any atom is -0.378 e. The maximum absolute atomic E-state index is 11.8. The number of ether oxygens (including phenoxy) is 1. The van der Waals surface area contributed by atoms with E-state index in [0.29, 0.717) is 16.6 Å². The highest BCUT2D eigenvalue weighted by Gasteiger charge is 2.16. The molecule has 6 heteroatoms. The van der Waals surface area contributed by atoms with Crippen LogP contribution in [0.2, 0.25) is 0 Å². The van der Waals surface area contributed by atoms with E-state index in [1.165, 1.54) is 4.57 Å². The quantitative estimate of drug-likeness (QED) is 0.920. The van der Waals surface area contributed by atoms with Gasteiger partial charge in [0.2, 0.25) is 5.91 Å². The molecule has 0 aromatic carbocycles. The predicted molar refractivity (Wildman–Crippen MR) is 76.2 cm³/mol. The molecule has 5 nitrogen and oxygen atoms in total. The van der Waals surface area contributed by atoms with E-state index >= 15 is 0 Å². The Labute approximate surface area is 120 Å². The lowest BCUT2D eigenvalue weighted by Gasteiger charge is -2.10. The zero-order chi connectivity index (χ0) is 13.8. The highest BCUT2D eigenvalue weighted by atomic mass is 79.9. The summed E-state index contributed by atoms with van der Waals surface area (Å²) in [6.07, 6.45) is 5.14. The number of amides is 1. The van der Waals surface area contributed by atoms with Gasteiger partial charge in [-0.15, -0.1) is 0 Å². The van der Waals surface area contributed by atoms with Crippen molar-refractivity contribution in [1.82, 2.24) is 4.57 Å². The van der Waals surface area contributed by atoms with E-state index in [1.807, 2.05) is 0 Å². The first-order chi connectivity index (χ1) is 9.06. The Morgan fingerprint density at radius 1 is 1.63 bits per heavy atom. The molecule has 0 saturated carbocycles. The Morgan fingerprint density at radius 2 is 2.42 bits per heavy atom. The van der Waals surface area contributed by atoms with Crippen molar-refractivity contribution in [2.75, 3.05) is 11.9 Å². The van der Waals surface area contributed by atoms with Crippen molar-refractivity contribution in [3.63, 3.8) is 0 Å². The zero-order valence-electron chi connectivity index (χ0n) is 10.8. The van der Waals surface area contributed by atoms with Crippen LogP contribution in [0.25, 0.3) is 0 Å². The van der Waals surface area contributed by atoms with Crippen molar-refractivity contribution in [3.05, 3.63) is 27.1 Å². The molecule has 1 aromatic heterocycles. The van der Waals surface area contributed by atoms with Crippen molar-refractivity contribution < 1.29 is 9.53 Å². The maximum Gasteiger partial charge on any atom is 0.264 e. The summed E-state index contributed by atoms with van der Waals surface area (Å²) < 4.78 is 7.34. The first kappa shape index (κ1) is 14.3. The van der Waals surface area contributed by atoms with Crippen LogP contribution >= 0.6 is 15.9 Å². The van der Waals surface area contributed by atoms with Crippen LogP contribution in [0.15, 0.2) is 21.5 Å². The number of nitrogens with one attached hydrogen (secondary N) is 1. The van der Waals surface area contributed by atoms with Gasteiger partial charge in [-0.25, -0.2) is 0 Å². The van der Waals surface area contributed by atoms with Crippen LogP contribution in [0.3, 0.4) is 0 Å². The van der Waals surface area contributed by atoms with Crippen LogP contribution in [-0.4, -0.2) is 23.2 Å². The molecule has 1 aliphatic heterocycles. The Hall–Kier alpha value is -1.14. The second-order valence-electron chi connectivity index (χ2n) is 4.71. The third kappa shape index (κ3) is 3.91. The van der Waals surface area contributed by atoms with Gasteiger partial charge in [0.15, 0.2) is 0 Å². The average molecular weight is 329 g/mol. The lowest BCUT2D eigenvalue weighted by Crippen LogP contribution is -2.20. The fourth-order valence-corrected chi connectivity index (χ4v) is 2.65. The normalized spacial score (nSPS) is 18.5. The molecule has 1 amide bonds. The number of carbonyl (C=O) groups excluding carboxylic acids is 1. The number of aromatic nitrogens is 1. The molecule has 0 radical (unpaired) electrons. The highest BCUT2D eigenvalue weighted by molar-refractivity contribution is 9.10. The molecule has 1 aromatic rings. The Balaban J connectivity index is 1.89. The number of halogens is 1. The van der Waals surface area contributed by atoms with Gasteiger partial charge in [0, 0.05) is 26.3 Å². The molecule has 0 aliphatic carbocycles. The van der Waals surface area contributed by atoms with Crippen LogP contribution < -0.4 is 10.9 Å². The summed E-state index contributed by atoms with van der Waals surface area (Å²) >= 11 is 3.18. The average Bonchev–Trinajstić information content (AvgIpc) is 2.86. The summed E-state index contributed by atoms with van der Waals surface area (Å²) in [6.45, 7) is 0.806. The van der Waals surface area contributed by atoms with Crippen molar-refractivity contribution in [2.24, 2.45) is 7.05 Å². The topological polar surface area (TPSA) is 60.3 Å². The number of nitrogens with zero attached hydrogens (tertiary/aromatic N) is 1. The van der Waals surface area contributed by atoms with Crippen LogP contribution in [0.1, 0.15) is 25.7 Å². The molecule has 1 unspecified atom stereocenters. The maximum atomic E-state index is 11.8. The number of aryl methyl sites for hydroxylation is 1. The summed E-state index contributed by atoms with van der Waals surface area (Å²) in [4.78, 5) is 23.3. The minimum absolute atomic E-state index is 0.0546. The van der Waals surface area contributed by atoms with Crippen molar-refractivity contribution in [3.8, 4) is 0 Å². The molecule has 0 spiro atoms. The molecule has 19 heavy (non-hydrogen) atoms. The van der Waals surface area contributed by atoms with E-state index in [9.17, 15) is 9.59 Å². The summed E-state index contributed by atoms with van der Waals surface area (Å²) in [5.74, 6) is -0.0546. The van der Waals surface area contributed by atoms with E-state index < -0.39 is 0 Å². The first-order valence-corrected chi connectivity index (χ1v) is 7.13.